The molecule has 0 fully saturated rings. The third-order valence-corrected chi connectivity index (χ3v) is 4.17. The lowest BCUT2D eigenvalue weighted by molar-refractivity contribution is 0.630. The van der Waals surface area contributed by atoms with Crippen molar-refractivity contribution >= 4 is 27.3 Å². The van der Waals surface area contributed by atoms with E-state index in [0.717, 1.165) is 6.54 Å². The summed E-state index contributed by atoms with van der Waals surface area (Å²) in [5.41, 5.74) is 3.94. The van der Waals surface area contributed by atoms with Crippen LogP contribution < -0.4 is 5.32 Å². The van der Waals surface area contributed by atoms with E-state index in [4.69, 9.17) is 0 Å². The average molecular weight is 310 g/mol. The van der Waals surface area contributed by atoms with E-state index in [1.807, 2.05) is 0 Å². The molecule has 1 unspecified atom stereocenters. The largest absolute Gasteiger partial charge is 0.306 e. The molecule has 3 heteroatoms. The highest BCUT2D eigenvalue weighted by atomic mass is 79.9. The van der Waals surface area contributed by atoms with Crippen LogP contribution in [-0.2, 0) is 0 Å². The van der Waals surface area contributed by atoms with E-state index >= 15 is 0 Å². The molecule has 1 aromatic heterocycles. The number of rotatable bonds is 4. The van der Waals surface area contributed by atoms with Crippen LogP contribution in [0.5, 0.6) is 0 Å². The van der Waals surface area contributed by atoms with Crippen molar-refractivity contribution in [3.05, 3.63) is 56.2 Å². The summed E-state index contributed by atoms with van der Waals surface area (Å²) in [6.45, 7) is 5.23. The summed E-state index contributed by atoms with van der Waals surface area (Å²) < 4.78 is 1.17. The first kappa shape index (κ1) is 12.8. The monoisotopic (exact) mass is 309 g/mol. The molecule has 0 spiro atoms. The second-order valence-electron chi connectivity index (χ2n) is 4.07. The fourth-order valence-electron chi connectivity index (χ4n) is 1.94. The van der Waals surface area contributed by atoms with Crippen molar-refractivity contribution in [2.45, 2.75) is 19.9 Å². The molecule has 1 N–H and O–H groups in total. The molecular formula is C14H16BrNS. The highest BCUT2D eigenvalue weighted by Crippen LogP contribution is 2.30. The highest BCUT2D eigenvalue weighted by molar-refractivity contribution is 9.10. The lowest BCUT2D eigenvalue weighted by atomic mass is 9.99. The van der Waals surface area contributed by atoms with E-state index in [1.165, 1.54) is 21.2 Å². The van der Waals surface area contributed by atoms with Gasteiger partial charge in [0.15, 0.2) is 0 Å². The molecule has 0 radical (unpaired) electrons. The van der Waals surface area contributed by atoms with Crippen molar-refractivity contribution in [3.63, 3.8) is 0 Å². The first-order valence-electron chi connectivity index (χ1n) is 5.74. The van der Waals surface area contributed by atoms with E-state index in [-0.39, 0.29) is 6.04 Å². The van der Waals surface area contributed by atoms with Crippen LogP contribution in [0.4, 0.5) is 0 Å². The molecule has 0 saturated carbocycles. The number of hydrogen-bond donors (Lipinski definition) is 1. The van der Waals surface area contributed by atoms with Crippen LogP contribution in [0.1, 0.15) is 29.7 Å². The third kappa shape index (κ3) is 2.97. The summed E-state index contributed by atoms with van der Waals surface area (Å²) in [6.07, 6.45) is 0. The zero-order valence-corrected chi connectivity index (χ0v) is 12.4. The molecule has 2 aromatic rings. The summed E-state index contributed by atoms with van der Waals surface area (Å²) in [5.74, 6) is 0. The summed E-state index contributed by atoms with van der Waals surface area (Å²) in [7, 11) is 0. The van der Waals surface area contributed by atoms with Gasteiger partial charge in [-0.1, -0.05) is 40.5 Å². The lowest BCUT2D eigenvalue weighted by Gasteiger charge is -2.19. The van der Waals surface area contributed by atoms with Crippen molar-refractivity contribution < 1.29 is 0 Å². The summed E-state index contributed by atoms with van der Waals surface area (Å²) in [4.78, 5) is 0. The van der Waals surface area contributed by atoms with Gasteiger partial charge in [-0.25, -0.2) is 0 Å². The van der Waals surface area contributed by atoms with Gasteiger partial charge in [0.05, 0.1) is 6.04 Å². The van der Waals surface area contributed by atoms with E-state index in [9.17, 15) is 0 Å². The standard InChI is InChI=1S/C14H16BrNS/c1-3-16-14(11-6-7-17-9-11)12-8-10(2)4-5-13(12)15/h4-9,14,16H,3H2,1-2H3. The first-order chi connectivity index (χ1) is 8.22. The van der Waals surface area contributed by atoms with Crippen LogP contribution in [0.2, 0.25) is 0 Å². The molecule has 90 valence electrons. The molecule has 1 atom stereocenters. The molecule has 1 nitrogen and oxygen atoms in total. The Hall–Kier alpha value is -0.640. The van der Waals surface area contributed by atoms with Gasteiger partial charge in [0.1, 0.15) is 0 Å². The molecule has 0 aliphatic heterocycles. The van der Waals surface area contributed by atoms with Crippen LogP contribution >= 0.6 is 27.3 Å². The summed E-state index contributed by atoms with van der Waals surface area (Å²) in [5, 5.41) is 7.88. The number of hydrogen-bond acceptors (Lipinski definition) is 2. The molecule has 1 aromatic carbocycles. The van der Waals surface area contributed by atoms with Gasteiger partial charge in [-0.15, -0.1) is 0 Å². The second kappa shape index (κ2) is 5.80. The van der Waals surface area contributed by atoms with Gasteiger partial charge in [0.2, 0.25) is 0 Å². The molecule has 2 rings (SSSR count). The average Bonchev–Trinajstić information content (AvgIpc) is 2.83. The van der Waals surface area contributed by atoms with Gasteiger partial charge in [-0.3, -0.25) is 0 Å². The van der Waals surface area contributed by atoms with Crippen molar-refractivity contribution in [2.75, 3.05) is 6.54 Å². The van der Waals surface area contributed by atoms with Crippen molar-refractivity contribution in [2.24, 2.45) is 0 Å². The van der Waals surface area contributed by atoms with Gasteiger partial charge in [-0.05, 0) is 47.5 Å². The van der Waals surface area contributed by atoms with Crippen LogP contribution in [0.3, 0.4) is 0 Å². The van der Waals surface area contributed by atoms with Gasteiger partial charge in [-0.2, -0.15) is 11.3 Å². The molecule has 0 aliphatic carbocycles. The Kier molecular flexibility index (Phi) is 4.37. The molecular weight excluding hydrogens is 294 g/mol. The number of aryl methyl sites for hydroxylation is 1. The minimum absolute atomic E-state index is 0.278. The molecule has 0 aliphatic rings. The van der Waals surface area contributed by atoms with E-state index in [1.54, 1.807) is 11.3 Å². The zero-order chi connectivity index (χ0) is 12.3. The van der Waals surface area contributed by atoms with Crippen LogP contribution in [-0.4, -0.2) is 6.54 Å². The topological polar surface area (TPSA) is 12.0 Å². The molecule has 0 bridgehead atoms. The van der Waals surface area contributed by atoms with Crippen molar-refractivity contribution in [1.82, 2.24) is 5.32 Å². The van der Waals surface area contributed by atoms with Gasteiger partial charge in [0, 0.05) is 4.47 Å². The molecule has 0 amide bonds. The van der Waals surface area contributed by atoms with E-state index < -0.39 is 0 Å². The molecule has 17 heavy (non-hydrogen) atoms. The van der Waals surface area contributed by atoms with Gasteiger partial charge >= 0.3 is 0 Å². The van der Waals surface area contributed by atoms with E-state index in [2.05, 4.69) is 70.1 Å². The van der Waals surface area contributed by atoms with Crippen molar-refractivity contribution in [1.29, 1.82) is 0 Å². The molecule has 1 heterocycles. The first-order valence-corrected chi connectivity index (χ1v) is 7.47. The van der Waals surface area contributed by atoms with Crippen LogP contribution in [0, 0.1) is 6.92 Å². The highest BCUT2D eigenvalue weighted by Gasteiger charge is 2.16. The minimum Gasteiger partial charge on any atom is -0.306 e. The Labute approximate surface area is 115 Å². The Morgan fingerprint density at radius 2 is 2.18 bits per heavy atom. The summed E-state index contributed by atoms with van der Waals surface area (Å²) >= 11 is 5.39. The van der Waals surface area contributed by atoms with E-state index in [0.29, 0.717) is 0 Å². The Morgan fingerprint density at radius 1 is 1.35 bits per heavy atom. The SMILES string of the molecule is CCNC(c1ccsc1)c1cc(C)ccc1Br. The fraction of sp³-hybridized carbons (Fsp3) is 0.286. The smallest absolute Gasteiger partial charge is 0.0596 e. The van der Waals surface area contributed by atoms with Crippen molar-refractivity contribution in [3.8, 4) is 0 Å². The lowest BCUT2D eigenvalue weighted by Crippen LogP contribution is -2.22. The third-order valence-electron chi connectivity index (χ3n) is 2.75. The van der Waals surface area contributed by atoms with Gasteiger partial charge < -0.3 is 5.32 Å². The predicted octanol–water partition coefficient (Wildman–Crippen LogP) is 4.52. The minimum atomic E-state index is 0.278. The maximum absolute atomic E-state index is 3.65. The Morgan fingerprint density at radius 3 is 2.82 bits per heavy atom. The number of halogens is 1. The Bertz CT molecular complexity index is 479. The van der Waals surface area contributed by atoms with Crippen LogP contribution in [0.25, 0.3) is 0 Å². The van der Waals surface area contributed by atoms with Gasteiger partial charge in [0.25, 0.3) is 0 Å². The zero-order valence-electron chi connectivity index (χ0n) is 10.0. The van der Waals surface area contributed by atoms with Crippen LogP contribution in [0.15, 0.2) is 39.5 Å². The number of nitrogens with one attached hydrogen (secondary N) is 1. The maximum Gasteiger partial charge on any atom is 0.0596 e. The predicted molar refractivity (Wildman–Crippen MR) is 78.7 cm³/mol. The normalized spacial score (nSPS) is 12.6. The second-order valence-corrected chi connectivity index (χ2v) is 5.71. The molecule has 0 saturated heterocycles. The Balaban J connectivity index is 2.42. The quantitative estimate of drug-likeness (QED) is 0.875. The summed E-state index contributed by atoms with van der Waals surface area (Å²) in [6, 6.07) is 8.97. The fourth-order valence-corrected chi connectivity index (χ4v) is 3.10. The maximum atomic E-state index is 3.65. The number of benzene rings is 1. The number of thiophene rings is 1.